The van der Waals surface area contributed by atoms with E-state index in [4.69, 9.17) is 4.74 Å². The molecule has 2 N–H and O–H groups in total. The molecule has 0 fully saturated rings. The number of methoxy groups -OCH3 is 1. The van der Waals surface area contributed by atoms with E-state index in [2.05, 4.69) is 10.3 Å². The van der Waals surface area contributed by atoms with Crippen molar-refractivity contribution in [1.82, 2.24) is 9.88 Å². The summed E-state index contributed by atoms with van der Waals surface area (Å²) >= 11 is 1.50. The Bertz CT molecular complexity index is 634. The number of rotatable bonds is 9. The van der Waals surface area contributed by atoms with E-state index >= 15 is 0 Å². The molecule has 0 aliphatic heterocycles. The number of amides is 1. The van der Waals surface area contributed by atoms with Crippen molar-refractivity contribution in [2.24, 2.45) is 0 Å². The van der Waals surface area contributed by atoms with Gasteiger partial charge >= 0.3 is 0 Å². The Hall–Kier alpha value is -2.12. The number of thiazole rings is 1. The quantitative estimate of drug-likeness (QED) is 0.727. The number of ether oxygens (including phenoxy) is 1. The van der Waals surface area contributed by atoms with Crippen molar-refractivity contribution in [3.8, 4) is 5.75 Å². The summed E-state index contributed by atoms with van der Waals surface area (Å²) in [6, 6.07) is 7.11. The fourth-order valence-electron chi connectivity index (χ4n) is 2.36. The molecule has 0 aliphatic carbocycles. The smallest absolute Gasteiger partial charge is 0.245 e. The minimum atomic E-state index is -0.372. The van der Waals surface area contributed by atoms with E-state index in [1.54, 1.807) is 18.2 Å². The summed E-state index contributed by atoms with van der Waals surface area (Å²) in [5.74, 6) is 0.682. The van der Waals surface area contributed by atoms with Crippen LogP contribution in [-0.4, -0.2) is 47.2 Å². The fourth-order valence-corrected chi connectivity index (χ4v) is 2.99. The van der Waals surface area contributed by atoms with Crippen LogP contribution in [0.1, 0.15) is 18.4 Å². The Labute approximate surface area is 146 Å². The molecule has 24 heavy (non-hydrogen) atoms. The molecule has 0 saturated heterocycles. The molecule has 0 radical (unpaired) electrons. The molecule has 1 aromatic heterocycles. The number of hydrogen-bond donors (Lipinski definition) is 2. The topological polar surface area (TPSA) is 74.7 Å². The van der Waals surface area contributed by atoms with E-state index in [0.717, 1.165) is 16.4 Å². The zero-order valence-corrected chi connectivity index (χ0v) is 14.8. The summed E-state index contributed by atoms with van der Waals surface area (Å²) in [6.07, 6.45) is 2.35. The lowest BCUT2D eigenvalue weighted by Gasteiger charge is -2.27. The van der Waals surface area contributed by atoms with Crippen LogP contribution in [0.4, 0.5) is 5.69 Å². The average Bonchev–Trinajstić information content (AvgIpc) is 3.12. The summed E-state index contributed by atoms with van der Waals surface area (Å²) in [7, 11) is 1.61. The Morgan fingerprint density at radius 2 is 2.33 bits per heavy atom. The monoisotopic (exact) mass is 349 g/mol. The third kappa shape index (κ3) is 4.94. The first-order valence-electron chi connectivity index (χ1n) is 7.86. The first-order chi connectivity index (χ1) is 11.7. The van der Waals surface area contributed by atoms with Gasteiger partial charge in [-0.2, -0.15) is 0 Å². The highest BCUT2D eigenvalue weighted by molar-refractivity contribution is 7.09. The van der Waals surface area contributed by atoms with Crippen LogP contribution in [0.15, 0.2) is 35.8 Å². The number of hydrogen-bond acceptors (Lipinski definition) is 6. The lowest BCUT2D eigenvalue weighted by molar-refractivity contribution is -0.133. The van der Waals surface area contributed by atoms with Crippen molar-refractivity contribution in [1.29, 1.82) is 0 Å². The molecule has 130 valence electrons. The Balaban J connectivity index is 2.09. The molecule has 1 amide bonds. The zero-order chi connectivity index (χ0) is 17.4. The first-order valence-corrected chi connectivity index (χ1v) is 8.74. The Morgan fingerprint density at radius 3 is 2.96 bits per heavy atom. The van der Waals surface area contributed by atoms with Gasteiger partial charge in [-0.3, -0.25) is 4.79 Å². The average molecular weight is 349 g/mol. The Kier molecular flexibility index (Phi) is 7.02. The Morgan fingerprint density at radius 1 is 1.50 bits per heavy atom. The predicted molar refractivity (Wildman–Crippen MR) is 95.3 cm³/mol. The molecule has 0 saturated carbocycles. The zero-order valence-electron chi connectivity index (χ0n) is 13.9. The number of aromatic nitrogens is 1. The maximum Gasteiger partial charge on any atom is 0.245 e. The van der Waals surface area contributed by atoms with Crippen LogP contribution in [0.2, 0.25) is 0 Å². The number of carbonyl (C=O) groups is 1. The highest BCUT2D eigenvalue weighted by Crippen LogP contribution is 2.19. The van der Waals surface area contributed by atoms with Crippen molar-refractivity contribution in [3.63, 3.8) is 0 Å². The molecule has 0 bridgehead atoms. The van der Waals surface area contributed by atoms with Crippen molar-refractivity contribution in [3.05, 3.63) is 40.8 Å². The van der Waals surface area contributed by atoms with Gasteiger partial charge in [-0.1, -0.05) is 13.0 Å². The molecular formula is C17H23N3O3S. The fraction of sp³-hybridized carbons (Fsp3) is 0.412. The lowest BCUT2D eigenvalue weighted by atomic mass is 10.1. The SMILES string of the molecule is CC[C@@H](Nc1cccc(OC)c1)C(=O)N(CCO)Cc1nccs1. The van der Waals surface area contributed by atoms with Gasteiger partial charge in [0.25, 0.3) is 0 Å². The highest BCUT2D eigenvalue weighted by atomic mass is 32.1. The van der Waals surface area contributed by atoms with Crippen molar-refractivity contribution in [2.45, 2.75) is 25.9 Å². The summed E-state index contributed by atoms with van der Waals surface area (Å²) in [5.41, 5.74) is 0.827. The van der Waals surface area contributed by atoms with Crippen LogP contribution in [0.3, 0.4) is 0 Å². The van der Waals surface area contributed by atoms with Crippen LogP contribution < -0.4 is 10.1 Å². The maximum absolute atomic E-state index is 12.8. The van der Waals surface area contributed by atoms with Crippen LogP contribution in [0, 0.1) is 0 Å². The summed E-state index contributed by atoms with van der Waals surface area (Å²) < 4.78 is 5.21. The number of benzene rings is 1. The van der Waals surface area contributed by atoms with Gasteiger partial charge in [0, 0.05) is 29.9 Å². The standard InChI is InChI=1S/C17H23N3O3S/c1-3-15(19-13-5-4-6-14(11-13)23-2)17(22)20(8-9-21)12-16-18-7-10-24-16/h4-7,10-11,15,19,21H,3,8-9,12H2,1-2H3/t15-/m1/s1. The first kappa shape index (κ1) is 18.2. The second-order valence-electron chi connectivity index (χ2n) is 5.25. The molecule has 1 atom stereocenters. The maximum atomic E-state index is 12.8. The molecule has 2 rings (SSSR count). The normalized spacial score (nSPS) is 11.8. The van der Waals surface area contributed by atoms with E-state index in [0.29, 0.717) is 13.0 Å². The molecular weight excluding hydrogens is 326 g/mol. The van der Waals surface area contributed by atoms with Gasteiger partial charge < -0.3 is 20.1 Å². The van der Waals surface area contributed by atoms with Gasteiger partial charge in [-0.05, 0) is 18.6 Å². The van der Waals surface area contributed by atoms with Gasteiger partial charge in [0.1, 0.15) is 16.8 Å². The minimum Gasteiger partial charge on any atom is -0.497 e. The van der Waals surface area contributed by atoms with Gasteiger partial charge in [0.2, 0.25) is 5.91 Å². The molecule has 0 spiro atoms. The van der Waals surface area contributed by atoms with Crippen LogP contribution in [0.25, 0.3) is 0 Å². The van der Waals surface area contributed by atoms with Gasteiger partial charge in [0.05, 0.1) is 20.3 Å². The summed E-state index contributed by atoms with van der Waals surface area (Å²) in [5, 5.41) is 15.3. The second-order valence-corrected chi connectivity index (χ2v) is 6.23. The van der Waals surface area contributed by atoms with Crippen LogP contribution >= 0.6 is 11.3 Å². The van der Waals surface area contributed by atoms with Crippen molar-refractivity contribution >= 4 is 22.9 Å². The lowest BCUT2D eigenvalue weighted by Crippen LogP contribution is -2.43. The number of aliphatic hydroxyl groups is 1. The largest absolute Gasteiger partial charge is 0.497 e. The van der Waals surface area contributed by atoms with Gasteiger partial charge in [0.15, 0.2) is 0 Å². The molecule has 7 heteroatoms. The van der Waals surface area contributed by atoms with E-state index in [-0.39, 0.29) is 25.1 Å². The second kappa shape index (κ2) is 9.24. The van der Waals surface area contributed by atoms with Crippen LogP contribution in [0.5, 0.6) is 5.75 Å². The highest BCUT2D eigenvalue weighted by Gasteiger charge is 2.23. The van der Waals surface area contributed by atoms with E-state index in [1.807, 2.05) is 36.6 Å². The van der Waals surface area contributed by atoms with Crippen molar-refractivity contribution < 1.29 is 14.6 Å². The van der Waals surface area contributed by atoms with Crippen molar-refractivity contribution in [2.75, 3.05) is 25.6 Å². The van der Waals surface area contributed by atoms with E-state index < -0.39 is 0 Å². The van der Waals surface area contributed by atoms with Crippen LogP contribution in [-0.2, 0) is 11.3 Å². The number of anilines is 1. The molecule has 1 aromatic carbocycles. The molecule has 0 unspecified atom stereocenters. The number of nitrogens with one attached hydrogen (secondary N) is 1. The third-order valence-corrected chi connectivity index (χ3v) is 4.37. The van der Waals surface area contributed by atoms with Gasteiger partial charge in [-0.15, -0.1) is 11.3 Å². The third-order valence-electron chi connectivity index (χ3n) is 3.61. The predicted octanol–water partition coefficient (Wildman–Crippen LogP) is 2.36. The minimum absolute atomic E-state index is 0.0513. The summed E-state index contributed by atoms with van der Waals surface area (Å²) in [4.78, 5) is 18.7. The molecule has 1 heterocycles. The number of carbonyl (C=O) groups excluding carboxylic acids is 1. The molecule has 6 nitrogen and oxygen atoms in total. The number of nitrogens with zero attached hydrogens (tertiary/aromatic N) is 2. The molecule has 0 aliphatic rings. The number of aliphatic hydroxyl groups excluding tert-OH is 1. The van der Waals surface area contributed by atoms with Gasteiger partial charge in [-0.25, -0.2) is 4.98 Å². The summed E-state index contributed by atoms with van der Waals surface area (Å²) in [6.45, 7) is 2.57. The molecule has 2 aromatic rings. The van der Waals surface area contributed by atoms with E-state index in [9.17, 15) is 9.90 Å². The van der Waals surface area contributed by atoms with E-state index in [1.165, 1.54) is 11.3 Å².